The topological polar surface area (TPSA) is 80.5 Å². The maximum atomic E-state index is 12.2. The van der Waals surface area contributed by atoms with Crippen molar-refractivity contribution in [1.82, 2.24) is 19.7 Å². The first-order valence-electron chi connectivity index (χ1n) is 6.39. The molecule has 106 valence electrons. The number of rotatable bonds is 4. The van der Waals surface area contributed by atoms with E-state index in [4.69, 9.17) is 4.74 Å². The highest BCUT2D eigenvalue weighted by Gasteiger charge is 2.34. The van der Waals surface area contributed by atoms with Crippen molar-refractivity contribution in [2.45, 2.75) is 38.5 Å². The van der Waals surface area contributed by atoms with Gasteiger partial charge in [-0.3, -0.25) is 9.48 Å². The van der Waals surface area contributed by atoms with E-state index in [1.54, 1.807) is 15.9 Å². The predicted octanol–water partition coefficient (Wildman–Crippen LogP) is -0.333. The molecule has 0 aliphatic carbocycles. The Labute approximate surface area is 112 Å². The monoisotopic (exact) mass is 268 g/mol. The molecule has 7 heteroatoms. The lowest BCUT2D eigenvalue weighted by Gasteiger charge is -2.42. The van der Waals surface area contributed by atoms with Crippen molar-refractivity contribution in [1.29, 1.82) is 0 Å². The Morgan fingerprint density at radius 1 is 1.58 bits per heavy atom. The van der Waals surface area contributed by atoms with E-state index in [1.165, 1.54) is 6.33 Å². The lowest BCUT2D eigenvalue weighted by molar-refractivity contribution is -0.167. The van der Waals surface area contributed by atoms with Gasteiger partial charge in [-0.2, -0.15) is 5.10 Å². The fourth-order valence-electron chi connectivity index (χ4n) is 2.30. The Bertz CT molecular complexity index is 419. The van der Waals surface area contributed by atoms with Crippen molar-refractivity contribution in [3.63, 3.8) is 0 Å². The first-order valence-corrected chi connectivity index (χ1v) is 6.39. The largest absolute Gasteiger partial charge is 0.394 e. The molecule has 1 saturated heterocycles. The smallest absolute Gasteiger partial charge is 0.224 e. The van der Waals surface area contributed by atoms with Crippen LogP contribution in [0.15, 0.2) is 12.7 Å². The van der Waals surface area contributed by atoms with E-state index in [1.807, 2.05) is 13.8 Å². The second-order valence-corrected chi connectivity index (χ2v) is 5.36. The van der Waals surface area contributed by atoms with Crippen LogP contribution >= 0.6 is 0 Å². The number of amides is 1. The Hall–Kier alpha value is -1.47. The molecule has 1 fully saturated rings. The van der Waals surface area contributed by atoms with Crippen molar-refractivity contribution in [3.05, 3.63) is 12.7 Å². The molecule has 0 saturated carbocycles. The number of morpholine rings is 1. The molecule has 1 aromatic heterocycles. The van der Waals surface area contributed by atoms with Crippen molar-refractivity contribution in [2.24, 2.45) is 0 Å². The predicted molar refractivity (Wildman–Crippen MR) is 67.3 cm³/mol. The summed E-state index contributed by atoms with van der Waals surface area (Å²) in [6.07, 6.45) is 3.11. The number of aliphatic hydroxyl groups excluding tert-OH is 1. The first-order chi connectivity index (χ1) is 9.00. The summed E-state index contributed by atoms with van der Waals surface area (Å²) in [4.78, 5) is 17.8. The Morgan fingerprint density at radius 3 is 3.00 bits per heavy atom. The van der Waals surface area contributed by atoms with Crippen LogP contribution < -0.4 is 0 Å². The van der Waals surface area contributed by atoms with Crippen LogP contribution in [0.25, 0.3) is 0 Å². The fourth-order valence-corrected chi connectivity index (χ4v) is 2.30. The third kappa shape index (κ3) is 3.74. The van der Waals surface area contributed by atoms with Crippen molar-refractivity contribution in [2.75, 3.05) is 19.7 Å². The number of carbonyl (C=O) groups is 1. The van der Waals surface area contributed by atoms with Gasteiger partial charge in [0.25, 0.3) is 0 Å². The van der Waals surface area contributed by atoms with Crippen LogP contribution in [0.3, 0.4) is 0 Å². The number of aryl methyl sites for hydroxylation is 1. The minimum atomic E-state index is -0.422. The molecule has 1 atom stereocenters. The van der Waals surface area contributed by atoms with E-state index >= 15 is 0 Å². The Morgan fingerprint density at radius 2 is 2.37 bits per heavy atom. The van der Waals surface area contributed by atoms with Gasteiger partial charge in [-0.15, -0.1) is 0 Å². The van der Waals surface area contributed by atoms with Gasteiger partial charge < -0.3 is 14.7 Å². The second-order valence-electron chi connectivity index (χ2n) is 5.36. The molecule has 1 unspecified atom stereocenters. The second kappa shape index (κ2) is 5.66. The van der Waals surface area contributed by atoms with Crippen LogP contribution in [0.4, 0.5) is 0 Å². The number of carbonyl (C=O) groups excluding carboxylic acids is 1. The maximum Gasteiger partial charge on any atom is 0.224 e. The third-order valence-corrected chi connectivity index (χ3v) is 3.06. The molecular weight excluding hydrogens is 248 g/mol. The lowest BCUT2D eigenvalue weighted by atomic mass is 10.0. The SMILES string of the molecule is CC1(C)CN(C(=O)CCn2cncn2)CC(CO)O1. The number of aromatic nitrogens is 3. The minimum absolute atomic E-state index is 0.0466. The van der Waals surface area contributed by atoms with E-state index in [2.05, 4.69) is 10.1 Å². The molecule has 1 aliphatic heterocycles. The summed E-state index contributed by atoms with van der Waals surface area (Å²) in [6.45, 7) is 5.27. The van der Waals surface area contributed by atoms with E-state index in [9.17, 15) is 9.90 Å². The van der Waals surface area contributed by atoms with Crippen LogP contribution in [0.5, 0.6) is 0 Å². The number of ether oxygens (including phenoxy) is 1. The third-order valence-electron chi connectivity index (χ3n) is 3.06. The van der Waals surface area contributed by atoms with E-state index in [-0.39, 0.29) is 18.6 Å². The van der Waals surface area contributed by atoms with Crippen molar-refractivity contribution < 1.29 is 14.6 Å². The summed E-state index contributed by atoms with van der Waals surface area (Å²) in [7, 11) is 0. The van der Waals surface area contributed by atoms with Gasteiger partial charge >= 0.3 is 0 Å². The maximum absolute atomic E-state index is 12.2. The average Bonchev–Trinajstić information content (AvgIpc) is 2.87. The van der Waals surface area contributed by atoms with E-state index in [0.29, 0.717) is 26.1 Å². The molecule has 2 rings (SSSR count). The zero-order chi connectivity index (χ0) is 13.9. The molecule has 19 heavy (non-hydrogen) atoms. The molecule has 1 amide bonds. The van der Waals surface area contributed by atoms with Crippen molar-refractivity contribution in [3.8, 4) is 0 Å². The van der Waals surface area contributed by atoms with E-state index in [0.717, 1.165) is 0 Å². The molecule has 1 aliphatic rings. The molecule has 0 spiro atoms. The molecule has 0 aromatic carbocycles. The summed E-state index contributed by atoms with van der Waals surface area (Å²) >= 11 is 0. The van der Waals surface area contributed by atoms with Crippen LogP contribution in [0, 0.1) is 0 Å². The normalized spacial score (nSPS) is 22.5. The molecule has 2 heterocycles. The highest BCUT2D eigenvalue weighted by molar-refractivity contribution is 5.76. The molecule has 0 bridgehead atoms. The molecule has 1 N–H and O–H groups in total. The van der Waals surface area contributed by atoms with Crippen molar-refractivity contribution >= 4 is 5.91 Å². The van der Waals surface area contributed by atoms with Gasteiger partial charge in [-0.05, 0) is 13.8 Å². The van der Waals surface area contributed by atoms with Gasteiger partial charge in [0.05, 0.1) is 24.9 Å². The summed E-state index contributed by atoms with van der Waals surface area (Å²) in [5.74, 6) is 0.0466. The molecule has 0 radical (unpaired) electrons. The van der Waals surface area contributed by atoms with Gasteiger partial charge in [0.1, 0.15) is 12.7 Å². The van der Waals surface area contributed by atoms with Crippen LogP contribution in [0.1, 0.15) is 20.3 Å². The summed E-state index contributed by atoms with van der Waals surface area (Å²) < 4.78 is 7.31. The highest BCUT2D eigenvalue weighted by atomic mass is 16.5. The molecule has 1 aromatic rings. The number of hydrogen-bond donors (Lipinski definition) is 1. The minimum Gasteiger partial charge on any atom is -0.394 e. The Balaban J connectivity index is 1.90. The zero-order valence-electron chi connectivity index (χ0n) is 11.3. The van der Waals surface area contributed by atoms with Crippen LogP contribution in [-0.2, 0) is 16.1 Å². The number of aliphatic hydroxyl groups is 1. The van der Waals surface area contributed by atoms with Gasteiger partial charge in [-0.25, -0.2) is 4.98 Å². The van der Waals surface area contributed by atoms with Gasteiger partial charge in [0.2, 0.25) is 5.91 Å². The lowest BCUT2D eigenvalue weighted by Crippen LogP contribution is -2.55. The van der Waals surface area contributed by atoms with Gasteiger partial charge in [0, 0.05) is 19.5 Å². The molecule has 7 nitrogen and oxygen atoms in total. The number of hydrogen-bond acceptors (Lipinski definition) is 5. The Kier molecular flexibility index (Phi) is 4.16. The number of nitrogens with zero attached hydrogens (tertiary/aromatic N) is 4. The summed E-state index contributed by atoms with van der Waals surface area (Å²) in [5, 5.41) is 13.2. The average molecular weight is 268 g/mol. The van der Waals surface area contributed by atoms with Gasteiger partial charge in [-0.1, -0.05) is 0 Å². The zero-order valence-corrected chi connectivity index (χ0v) is 11.3. The standard InChI is InChI=1S/C12H20N4O3/c1-12(2)7-15(5-10(6-17)19-12)11(18)3-4-16-9-13-8-14-16/h8-10,17H,3-7H2,1-2H3. The quantitative estimate of drug-likeness (QED) is 0.808. The first kappa shape index (κ1) is 14.0. The van der Waals surface area contributed by atoms with Crippen LogP contribution in [-0.4, -0.2) is 62.1 Å². The van der Waals surface area contributed by atoms with Gasteiger partial charge in [0.15, 0.2) is 0 Å². The van der Waals surface area contributed by atoms with E-state index < -0.39 is 5.60 Å². The summed E-state index contributed by atoms with van der Waals surface area (Å²) in [6, 6.07) is 0. The highest BCUT2D eigenvalue weighted by Crippen LogP contribution is 2.21. The molecular formula is C12H20N4O3. The fraction of sp³-hybridized carbons (Fsp3) is 0.750. The summed E-state index contributed by atoms with van der Waals surface area (Å²) in [5.41, 5.74) is -0.422. The van der Waals surface area contributed by atoms with Crippen LogP contribution in [0.2, 0.25) is 0 Å².